The van der Waals surface area contributed by atoms with Gasteiger partial charge in [0.05, 0.1) is 16.2 Å². The molecule has 166 valence electrons. The van der Waals surface area contributed by atoms with Crippen molar-refractivity contribution >= 4 is 34.3 Å². The molecule has 1 amide bonds. The summed E-state index contributed by atoms with van der Waals surface area (Å²) >= 11 is 1.36. The fourth-order valence-electron chi connectivity index (χ4n) is 3.78. The Morgan fingerprint density at radius 1 is 1.09 bits per heavy atom. The number of benzene rings is 2. The number of thioether (sulfide) groups is 1. The second kappa shape index (κ2) is 9.56. The molecule has 0 bridgehead atoms. The van der Waals surface area contributed by atoms with E-state index in [1.54, 1.807) is 9.47 Å². The molecule has 0 fully saturated rings. The van der Waals surface area contributed by atoms with Crippen LogP contribution in [-0.2, 0) is 17.9 Å². The molecule has 0 saturated carbocycles. The largest absolute Gasteiger partial charge is 0.340 e. The lowest BCUT2D eigenvalue weighted by atomic mass is 10.2. The summed E-state index contributed by atoms with van der Waals surface area (Å²) in [5.74, 6) is 0.529. The lowest BCUT2D eigenvalue weighted by Gasteiger charge is -2.21. The second-order valence-corrected chi connectivity index (χ2v) is 9.19. The van der Waals surface area contributed by atoms with Crippen LogP contribution in [0.1, 0.15) is 32.3 Å². The number of carbonyl (C=O) groups excluding carboxylic acids is 1. The van der Waals surface area contributed by atoms with E-state index in [1.807, 2.05) is 73.0 Å². The summed E-state index contributed by atoms with van der Waals surface area (Å²) in [4.78, 5) is 27.8. The predicted octanol–water partition coefficient (Wildman–Crippen LogP) is 3.98. The van der Waals surface area contributed by atoms with Crippen LogP contribution in [0.3, 0.4) is 0 Å². The van der Waals surface area contributed by atoms with E-state index < -0.39 is 0 Å². The Balaban J connectivity index is 1.66. The predicted molar refractivity (Wildman–Crippen MR) is 128 cm³/mol. The smallest absolute Gasteiger partial charge is 0.262 e. The highest BCUT2D eigenvalue weighted by molar-refractivity contribution is 8.00. The highest BCUT2D eigenvalue weighted by atomic mass is 32.2. The Kier molecular flexibility index (Phi) is 6.60. The fraction of sp³-hybridized carbons (Fsp3) is 0.333. The number of carbonyl (C=O) groups is 1. The molecule has 2 aromatic heterocycles. The summed E-state index contributed by atoms with van der Waals surface area (Å²) in [5, 5.41) is 9.58. The third kappa shape index (κ3) is 4.27. The molecule has 1 unspecified atom stereocenters. The van der Waals surface area contributed by atoms with Gasteiger partial charge in [-0.25, -0.2) is 0 Å². The maximum absolute atomic E-state index is 13.1. The average Bonchev–Trinajstić information content (AvgIpc) is 3.22. The number of hydrogen-bond donors (Lipinski definition) is 0. The molecule has 4 aromatic rings. The standard InChI is InChI=1S/C24H27N5O2S/c1-4-5-15-28-22(31)19-13-9-10-14-20(19)29-23(28)25-26-24(29)32-17(2)21(30)27(3)16-18-11-7-6-8-12-18/h6-14,17H,4-5,15-16H2,1-3H3. The molecule has 0 N–H and O–H groups in total. The van der Waals surface area contributed by atoms with Crippen molar-refractivity contribution in [1.82, 2.24) is 24.1 Å². The van der Waals surface area contributed by atoms with Crippen LogP contribution in [0.25, 0.3) is 16.7 Å². The number of rotatable bonds is 8. The van der Waals surface area contributed by atoms with Crippen molar-refractivity contribution in [2.24, 2.45) is 0 Å². The minimum Gasteiger partial charge on any atom is -0.340 e. The minimum atomic E-state index is -0.356. The summed E-state index contributed by atoms with van der Waals surface area (Å²) < 4.78 is 3.59. The Bertz CT molecular complexity index is 1300. The summed E-state index contributed by atoms with van der Waals surface area (Å²) in [6.07, 6.45) is 1.85. The third-order valence-electron chi connectivity index (χ3n) is 5.48. The van der Waals surface area contributed by atoms with Gasteiger partial charge in [0.1, 0.15) is 0 Å². The average molecular weight is 450 g/mol. The zero-order chi connectivity index (χ0) is 22.7. The van der Waals surface area contributed by atoms with Crippen molar-refractivity contribution in [3.05, 3.63) is 70.5 Å². The van der Waals surface area contributed by atoms with Crippen molar-refractivity contribution in [2.75, 3.05) is 7.05 Å². The van der Waals surface area contributed by atoms with Crippen molar-refractivity contribution < 1.29 is 4.79 Å². The molecule has 0 aliphatic rings. The van der Waals surface area contributed by atoms with Crippen molar-refractivity contribution in [3.8, 4) is 0 Å². The van der Waals surface area contributed by atoms with E-state index in [9.17, 15) is 9.59 Å². The Labute approximate surface area is 191 Å². The van der Waals surface area contributed by atoms with E-state index >= 15 is 0 Å². The summed E-state index contributed by atoms with van der Waals surface area (Å²) in [6.45, 7) is 5.10. The van der Waals surface area contributed by atoms with Crippen LogP contribution in [0.2, 0.25) is 0 Å². The number of nitrogens with zero attached hydrogens (tertiary/aromatic N) is 5. The van der Waals surface area contributed by atoms with Crippen molar-refractivity contribution in [1.29, 1.82) is 0 Å². The summed E-state index contributed by atoms with van der Waals surface area (Å²) in [6, 6.07) is 17.4. The van der Waals surface area contributed by atoms with Crippen LogP contribution in [0.4, 0.5) is 0 Å². The minimum absolute atomic E-state index is 0.0132. The number of aryl methyl sites for hydroxylation is 1. The van der Waals surface area contributed by atoms with E-state index in [1.165, 1.54) is 11.8 Å². The fourth-order valence-corrected chi connectivity index (χ4v) is 4.75. The summed E-state index contributed by atoms with van der Waals surface area (Å²) in [7, 11) is 1.81. The second-order valence-electron chi connectivity index (χ2n) is 7.89. The Morgan fingerprint density at radius 2 is 1.81 bits per heavy atom. The molecule has 7 nitrogen and oxygen atoms in total. The van der Waals surface area contributed by atoms with Crippen molar-refractivity contribution in [3.63, 3.8) is 0 Å². The van der Waals surface area contributed by atoms with Gasteiger partial charge in [0.15, 0.2) is 5.16 Å². The number of para-hydroxylation sites is 1. The first-order valence-electron chi connectivity index (χ1n) is 10.8. The van der Waals surface area contributed by atoms with E-state index in [0.29, 0.717) is 29.4 Å². The van der Waals surface area contributed by atoms with Gasteiger partial charge < -0.3 is 4.90 Å². The maximum Gasteiger partial charge on any atom is 0.262 e. The molecule has 2 heterocycles. The molecule has 0 radical (unpaired) electrons. The molecule has 2 aromatic carbocycles. The number of amides is 1. The van der Waals surface area contributed by atoms with E-state index in [-0.39, 0.29) is 16.7 Å². The van der Waals surface area contributed by atoms with Crippen LogP contribution >= 0.6 is 11.8 Å². The Morgan fingerprint density at radius 3 is 2.56 bits per heavy atom. The van der Waals surface area contributed by atoms with E-state index in [4.69, 9.17) is 0 Å². The normalized spacial score (nSPS) is 12.3. The van der Waals surface area contributed by atoms with Crippen LogP contribution in [0.15, 0.2) is 64.5 Å². The van der Waals surface area contributed by atoms with Crippen LogP contribution in [0, 0.1) is 0 Å². The van der Waals surface area contributed by atoms with Crippen LogP contribution in [-0.4, -0.2) is 42.3 Å². The van der Waals surface area contributed by atoms with Gasteiger partial charge in [0, 0.05) is 20.1 Å². The topological polar surface area (TPSA) is 72.5 Å². The SMILES string of the molecule is CCCCn1c(=O)c2ccccc2n2c(SC(C)C(=O)N(C)Cc3ccccc3)nnc12. The molecular formula is C24H27N5O2S. The molecular weight excluding hydrogens is 422 g/mol. The zero-order valence-corrected chi connectivity index (χ0v) is 19.4. The molecule has 8 heteroatoms. The highest BCUT2D eigenvalue weighted by Crippen LogP contribution is 2.26. The first kappa shape index (κ1) is 22.1. The van der Waals surface area contributed by atoms with Gasteiger partial charge in [-0.3, -0.25) is 18.6 Å². The van der Waals surface area contributed by atoms with Gasteiger partial charge in [-0.1, -0.05) is 67.6 Å². The first-order valence-corrected chi connectivity index (χ1v) is 11.7. The zero-order valence-electron chi connectivity index (χ0n) is 18.6. The maximum atomic E-state index is 13.1. The first-order chi connectivity index (χ1) is 15.5. The van der Waals surface area contributed by atoms with E-state index in [0.717, 1.165) is 23.9 Å². The molecule has 0 spiro atoms. The number of hydrogen-bond acceptors (Lipinski definition) is 5. The third-order valence-corrected chi connectivity index (χ3v) is 6.51. The Hall–Kier alpha value is -3.13. The van der Waals surface area contributed by atoms with Gasteiger partial charge in [0.25, 0.3) is 5.56 Å². The van der Waals surface area contributed by atoms with E-state index in [2.05, 4.69) is 17.1 Å². The monoisotopic (exact) mass is 449 g/mol. The van der Waals surface area contributed by atoms with Gasteiger partial charge in [0.2, 0.25) is 11.7 Å². The molecule has 0 aliphatic carbocycles. The number of aromatic nitrogens is 4. The van der Waals surface area contributed by atoms with Gasteiger partial charge in [-0.2, -0.15) is 0 Å². The quantitative estimate of drug-likeness (QED) is 0.381. The number of fused-ring (bicyclic) bond motifs is 3. The van der Waals surface area contributed by atoms with Gasteiger partial charge in [-0.05, 0) is 31.0 Å². The molecule has 0 saturated heterocycles. The van der Waals surface area contributed by atoms with Gasteiger partial charge in [-0.15, -0.1) is 10.2 Å². The number of unbranched alkanes of at least 4 members (excludes halogenated alkanes) is 1. The molecule has 0 aliphatic heterocycles. The molecule has 4 rings (SSSR count). The van der Waals surface area contributed by atoms with Crippen LogP contribution in [0.5, 0.6) is 0 Å². The summed E-state index contributed by atoms with van der Waals surface area (Å²) in [5.41, 5.74) is 1.78. The highest BCUT2D eigenvalue weighted by Gasteiger charge is 2.23. The molecule has 1 atom stereocenters. The van der Waals surface area contributed by atoms with Crippen LogP contribution < -0.4 is 5.56 Å². The lowest BCUT2D eigenvalue weighted by molar-refractivity contribution is -0.129. The lowest BCUT2D eigenvalue weighted by Crippen LogP contribution is -2.32. The van der Waals surface area contributed by atoms with Crippen molar-refractivity contribution in [2.45, 2.75) is 50.2 Å². The molecule has 32 heavy (non-hydrogen) atoms. The van der Waals surface area contributed by atoms with Gasteiger partial charge >= 0.3 is 0 Å².